The van der Waals surface area contributed by atoms with Crippen molar-refractivity contribution in [3.8, 4) is 5.75 Å². The van der Waals surface area contributed by atoms with Gasteiger partial charge in [-0.25, -0.2) is 0 Å². The van der Waals surface area contributed by atoms with E-state index in [0.717, 1.165) is 19.1 Å². The van der Waals surface area contributed by atoms with Crippen molar-refractivity contribution in [1.82, 2.24) is 0 Å². The number of nitro groups is 1. The second-order valence-corrected chi connectivity index (χ2v) is 3.07. The molecule has 0 heterocycles. The van der Waals surface area contributed by atoms with E-state index in [1.165, 1.54) is 0 Å². The molecule has 92 valence electrons. The number of ketones is 1. The topological polar surface area (TPSA) is 95.5 Å². The molecule has 0 fully saturated rings. The number of rotatable bonds is 4. The first-order valence-electron chi connectivity index (χ1n) is 4.37. The average molecular weight is 246 g/mol. The van der Waals surface area contributed by atoms with Crippen LogP contribution in [0.2, 0.25) is 0 Å². The number of carbonyl (C=O) groups excluding carboxylic acids is 1. The third kappa shape index (κ3) is 2.65. The maximum absolute atomic E-state index is 12.1. The first-order chi connectivity index (χ1) is 7.84. The van der Waals surface area contributed by atoms with Crippen LogP contribution in [-0.4, -0.2) is 17.3 Å². The Morgan fingerprint density at radius 2 is 2.12 bits per heavy atom. The Labute approximate surface area is 94.1 Å². The largest absolute Gasteiger partial charge is 0.427 e. The first-order valence-corrected chi connectivity index (χ1v) is 4.37. The quantitative estimate of drug-likeness (QED) is 0.379. The van der Waals surface area contributed by atoms with E-state index in [4.69, 9.17) is 5.73 Å². The van der Waals surface area contributed by atoms with Gasteiger partial charge < -0.3 is 10.5 Å². The smallest absolute Gasteiger partial charge is 0.387 e. The van der Waals surface area contributed by atoms with Gasteiger partial charge in [0.2, 0.25) is 5.75 Å². The van der Waals surface area contributed by atoms with Crippen molar-refractivity contribution in [3.63, 3.8) is 0 Å². The van der Waals surface area contributed by atoms with Crippen molar-refractivity contribution in [2.45, 2.75) is 13.5 Å². The molecule has 6 nitrogen and oxygen atoms in total. The van der Waals surface area contributed by atoms with E-state index in [1.807, 2.05) is 0 Å². The molecule has 0 bridgehead atoms. The molecule has 1 aromatic rings. The second-order valence-electron chi connectivity index (χ2n) is 3.07. The fraction of sp³-hybridized carbons (Fsp3) is 0.222. The van der Waals surface area contributed by atoms with Crippen molar-refractivity contribution in [2.75, 3.05) is 5.73 Å². The van der Waals surface area contributed by atoms with Gasteiger partial charge in [-0.15, -0.1) is 0 Å². The molecule has 1 aromatic carbocycles. The van der Waals surface area contributed by atoms with Crippen LogP contribution in [0.15, 0.2) is 12.1 Å². The molecule has 0 saturated carbocycles. The van der Waals surface area contributed by atoms with Crippen LogP contribution in [0.1, 0.15) is 17.3 Å². The molecule has 0 amide bonds. The minimum Gasteiger partial charge on any atom is -0.427 e. The van der Waals surface area contributed by atoms with Crippen LogP contribution in [0.4, 0.5) is 20.2 Å². The Morgan fingerprint density at radius 1 is 1.53 bits per heavy atom. The molecular weight excluding hydrogens is 238 g/mol. The summed E-state index contributed by atoms with van der Waals surface area (Å²) in [4.78, 5) is 20.9. The van der Waals surface area contributed by atoms with Crippen LogP contribution in [-0.2, 0) is 0 Å². The lowest BCUT2D eigenvalue weighted by atomic mass is 10.1. The van der Waals surface area contributed by atoms with Crippen molar-refractivity contribution < 1.29 is 23.2 Å². The summed E-state index contributed by atoms with van der Waals surface area (Å²) in [5.41, 5.74) is 4.10. The number of nitrogens with two attached hydrogens (primary N) is 1. The number of nitrogens with zero attached hydrogens (tertiary/aromatic N) is 1. The van der Waals surface area contributed by atoms with Crippen molar-refractivity contribution >= 4 is 17.2 Å². The monoisotopic (exact) mass is 246 g/mol. The summed E-state index contributed by atoms with van der Waals surface area (Å²) in [5.74, 6) is -1.50. The zero-order chi connectivity index (χ0) is 13.2. The molecule has 0 radical (unpaired) electrons. The highest BCUT2D eigenvalue weighted by Gasteiger charge is 2.26. The van der Waals surface area contributed by atoms with Gasteiger partial charge in [-0.05, 0) is 13.0 Å². The number of halogens is 2. The van der Waals surface area contributed by atoms with Gasteiger partial charge in [0.1, 0.15) is 0 Å². The van der Waals surface area contributed by atoms with Crippen molar-refractivity contribution in [1.29, 1.82) is 0 Å². The summed E-state index contributed by atoms with van der Waals surface area (Å²) < 4.78 is 28.3. The minimum atomic E-state index is -3.28. The number of hydrogen-bond donors (Lipinski definition) is 1. The molecule has 17 heavy (non-hydrogen) atoms. The standard InChI is InChI=1S/C9H8F2N2O4/c1-4(14)7-5(12)2-3-6(13(15)16)8(7)17-9(10)11/h2-3,9H,12H2,1H3. The number of nitrogen functional groups attached to an aromatic ring is 1. The van der Waals surface area contributed by atoms with E-state index in [2.05, 4.69) is 4.74 Å². The number of alkyl halides is 2. The lowest BCUT2D eigenvalue weighted by Gasteiger charge is -2.10. The number of nitro benzene ring substituents is 1. The highest BCUT2D eigenvalue weighted by Crippen LogP contribution is 2.36. The van der Waals surface area contributed by atoms with Gasteiger partial charge in [0.25, 0.3) is 0 Å². The summed E-state index contributed by atoms with van der Waals surface area (Å²) in [6, 6.07) is 1.99. The van der Waals surface area contributed by atoms with E-state index in [-0.39, 0.29) is 5.69 Å². The van der Waals surface area contributed by atoms with E-state index in [9.17, 15) is 23.7 Å². The Kier molecular flexibility index (Phi) is 3.56. The lowest BCUT2D eigenvalue weighted by Crippen LogP contribution is -2.11. The second kappa shape index (κ2) is 4.73. The molecule has 0 spiro atoms. The summed E-state index contributed by atoms with van der Waals surface area (Å²) in [6.07, 6.45) is 0. The third-order valence-corrected chi connectivity index (χ3v) is 1.92. The maximum atomic E-state index is 12.1. The third-order valence-electron chi connectivity index (χ3n) is 1.92. The van der Waals surface area contributed by atoms with Crippen molar-refractivity contribution in [3.05, 3.63) is 27.8 Å². The highest BCUT2D eigenvalue weighted by atomic mass is 19.3. The molecule has 8 heteroatoms. The molecule has 2 N–H and O–H groups in total. The molecule has 0 aliphatic heterocycles. The summed E-state index contributed by atoms with van der Waals surface area (Å²) in [7, 11) is 0. The highest BCUT2D eigenvalue weighted by molar-refractivity contribution is 6.03. The summed E-state index contributed by atoms with van der Waals surface area (Å²) in [6.45, 7) is -2.23. The molecule has 0 aliphatic carbocycles. The zero-order valence-electron chi connectivity index (χ0n) is 8.65. The molecule has 0 atom stereocenters. The van der Waals surface area contributed by atoms with E-state index >= 15 is 0 Å². The van der Waals surface area contributed by atoms with Gasteiger partial charge in [-0.2, -0.15) is 8.78 Å². The van der Waals surface area contributed by atoms with E-state index < -0.39 is 34.3 Å². The molecule has 0 aliphatic rings. The van der Waals surface area contributed by atoms with Gasteiger partial charge in [0.05, 0.1) is 10.5 Å². The van der Waals surface area contributed by atoms with Crippen LogP contribution in [0.3, 0.4) is 0 Å². The fourth-order valence-corrected chi connectivity index (χ4v) is 1.30. The SMILES string of the molecule is CC(=O)c1c(N)ccc([N+](=O)[O-])c1OC(F)F. The molecule has 0 saturated heterocycles. The van der Waals surface area contributed by atoms with Crippen LogP contribution < -0.4 is 10.5 Å². The number of benzene rings is 1. The van der Waals surface area contributed by atoms with Gasteiger partial charge in [-0.3, -0.25) is 14.9 Å². The van der Waals surface area contributed by atoms with Crippen LogP contribution in [0.25, 0.3) is 0 Å². The number of anilines is 1. The van der Waals surface area contributed by atoms with Gasteiger partial charge in [-0.1, -0.05) is 0 Å². The number of carbonyl (C=O) groups is 1. The molecular formula is C9H8F2N2O4. The number of hydrogen-bond acceptors (Lipinski definition) is 5. The maximum Gasteiger partial charge on any atom is 0.387 e. The fourth-order valence-electron chi connectivity index (χ4n) is 1.30. The lowest BCUT2D eigenvalue weighted by molar-refractivity contribution is -0.386. The number of ether oxygens (including phenoxy) is 1. The Bertz CT molecular complexity index is 476. The van der Waals surface area contributed by atoms with Crippen LogP contribution >= 0.6 is 0 Å². The Morgan fingerprint density at radius 3 is 2.53 bits per heavy atom. The van der Waals surface area contributed by atoms with Crippen molar-refractivity contribution in [2.24, 2.45) is 0 Å². The summed E-state index contributed by atoms with van der Waals surface area (Å²) >= 11 is 0. The molecule has 0 aromatic heterocycles. The molecule has 0 unspecified atom stereocenters. The van der Waals surface area contributed by atoms with Crippen LogP contribution in [0.5, 0.6) is 5.75 Å². The Hall–Kier alpha value is -2.25. The van der Waals surface area contributed by atoms with E-state index in [0.29, 0.717) is 0 Å². The van der Waals surface area contributed by atoms with Gasteiger partial charge >= 0.3 is 12.3 Å². The van der Waals surface area contributed by atoms with E-state index in [1.54, 1.807) is 0 Å². The van der Waals surface area contributed by atoms with Gasteiger partial charge in [0, 0.05) is 11.8 Å². The number of Topliss-reactive ketones (excluding diaryl/α,β-unsaturated/α-hetero) is 1. The zero-order valence-corrected chi connectivity index (χ0v) is 8.65. The summed E-state index contributed by atoms with van der Waals surface area (Å²) in [5, 5.41) is 10.6. The first kappa shape index (κ1) is 12.8. The Balaban J connectivity index is 3.49. The average Bonchev–Trinajstić information content (AvgIpc) is 2.15. The van der Waals surface area contributed by atoms with Gasteiger partial charge in [0.15, 0.2) is 5.78 Å². The predicted molar refractivity (Wildman–Crippen MR) is 54.1 cm³/mol. The minimum absolute atomic E-state index is 0.154. The van der Waals surface area contributed by atoms with Crippen LogP contribution in [0, 0.1) is 10.1 Å². The molecule has 1 rings (SSSR count). The predicted octanol–water partition coefficient (Wildman–Crippen LogP) is 1.98. The normalized spacial score (nSPS) is 10.4.